The molecule has 0 aliphatic carbocycles. The third-order valence-electron chi connectivity index (χ3n) is 4.11. The van der Waals surface area contributed by atoms with Crippen molar-refractivity contribution >= 4 is 17.3 Å². The van der Waals surface area contributed by atoms with Crippen molar-refractivity contribution < 1.29 is 27.8 Å². The molecular weight excluding hydrogens is 371 g/mol. The maximum absolute atomic E-state index is 14.7. The van der Waals surface area contributed by atoms with Crippen LogP contribution >= 0.6 is 0 Å². The third kappa shape index (κ3) is 4.09. The van der Waals surface area contributed by atoms with Crippen molar-refractivity contribution in [3.8, 4) is 16.9 Å². The summed E-state index contributed by atoms with van der Waals surface area (Å²) in [5, 5.41) is 8.68. The Morgan fingerprint density at radius 2 is 1.68 bits per heavy atom. The minimum Gasteiger partial charge on any atom is -0.479 e. The van der Waals surface area contributed by atoms with Gasteiger partial charge in [-0.15, -0.1) is 0 Å². The fourth-order valence-electron chi connectivity index (χ4n) is 2.77. The molecule has 0 saturated heterocycles. The number of ether oxygens (including phenoxy) is 1. The lowest BCUT2D eigenvalue weighted by atomic mass is 10.0. The lowest BCUT2D eigenvalue weighted by molar-refractivity contribution is -0.139. The van der Waals surface area contributed by atoms with Gasteiger partial charge in [0.1, 0.15) is 17.3 Å². The van der Waals surface area contributed by atoms with E-state index in [1.807, 2.05) is 0 Å². The highest BCUT2D eigenvalue weighted by Gasteiger charge is 2.20. The topological polar surface area (TPSA) is 49.8 Å². The molecular formula is C21H16F3NO3. The fraction of sp³-hybridized carbons (Fsp3) is 0.0952. The summed E-state index contributed by atoms with van der Waals surface area (Å²) in [6.07, 6.45) is 0. The van der Waals surface area contributed by atoms with E-state index < -0.39 is 30.0 Å². The summed E-state index contributed by atoms with van der Waals surface area (Å²) in [4.78, 5) is 11.9. The van der Waals surface area contributed by atoms with Gasteiger partial charge in [-0.2, -0.15) is 0 Å². The first-order valence-electron chi connectivity index (χ1n) is 8.29. The Balaban J connectivity index is 1.98. The van der Waals surface area contributed by atoms with Crippen molar-refractivity contribution in [3.05, 3.63) is 78.1 Å². The predicted molar refractivity (Wildman–Crippen MR) is 99.4 cm³/mol. The molecule has 0 bridgehead atoms. The third-order valence-corrected chi connectivity index (χ3v) is 4.11. The van der Waals surface area contributed by atoms with Crippen LogP contribution in [0.5, 0.6) is 5.75 Å². The van der Waals surface area contributed by atoms with E-state index in [2.05, 4.69) is 0 Å². The molecule has 0 aliphatic heterocycles. The van der Waals surface area contributed by atoms with Crippen LogP contribution in [0.15, 0.2) is 60.7 Å². The quantitative estimate of drug-likeness (QED) is 0.647. The number of hydrogen-bond acceptors (Lipinski definition) is 3. The van der Waals surface area contributed by atoms with Crippen LogP contribution in [0, 0.1) is 17.5 Å². The first-order valence-corrected chi connectivity index (χ1v) is 8.29. The van der Waals surface area contributed by atoms with E-state index in [-0.39, 0.29) is 11.4 Å². The van der Waals surface area contributed by atoms with Gasteiger partial charge < -0.3 is 14.7 Å². The monoisotopic (exact) mass is 387 g/mol. The van der Waals surface area contributed by atoms with Crippen LogP contribution < -0.4 is 9.64 Å². The van der Waals surface area contributed by atoms with Gasteiger partial charge in [0.15, 0.2) is 18.2 Å². The first kappa shape index (κ1) is 19.3. The number of halogens is 3. The number of carbonyl (C=O) groups is 1. The molecule has 0 aliphatic rings. The summed E-state index contributed by atoms with van der Waals surface area (Å²) in [5.41, 5.74) is 1.35. The summed E-state index contributed by atoms with van der Waals surface area (Å²) in [7, 11) is 1.47. The van der Waals surface area contributed by atoms with Crippen LogP contribution in [0.4, 0.5) is 24.5 Å². The van der Waals surface area contributed by atoms with Crippen LogP contribution in [-0.2, 0) is 4.79 Å². The van der Waals surface area contributed by atoms with Crippen LogP contribution in [0.1, 0.15) is 0 Å². The summed E-state index contributed by atoms with van der Waals surface area (Å²) in [5.74, 6) is -3.89. The van der Waals surface area contributed by atoms with Crippen molar-refractivity contribution in [2.24, 2.45) is 0 Å². The minimum absolute atomic E-state index is 0.369. The molecule has 0 fully saturated rings. The van der Waals surface area contributed by atoms with E-state index in [9.17, 15) is 18.0 Å². The van der Waals surface area contributed by atoms with Gasteiger partial charge >= 0.3 is 5.97 Å². The van der Waals surface area contributed by atoms with Crippen LogP contribution in [0.3, 0.4) is 0 Å². The van der Waals surface area contributed by atoms with Gasteiger partial charge in [0.25, 0.3) is 0 Å². The summed E-state index contributed by atoms with van der Waals surface area (Å²) < 4.78 is 47.5. The molecule has 0 saturated carbocycles. The molecule has 28 heavy (non-hydrogen) atoms. The largest absolute Gasteiger partial charge is 0.479 e. The standard InChI is InChI=1S/C21H16F3NO3/c1-25(21-17(23)8-9-18(20(21)24)28-12-19(26)27)16-7-3-5-14(11-16)13-4-2-6-15(22)10-13/h2-11H,12H2,1H3,(H,26,27). The maximum Gasteiger partial charge on any atom is 0.341 e. The van der Waals surface area contributed by atoms with Gasteiger partial charge in [-0.1, -0.05) is 24.3 Å². The molecule has 7 heteroatoms. The number of hydrogen-bond donors (Lipinski definition) is 1. The van der Waals surface area contributed by atoms with Crippen molar-refractivity contribution in [2.45, 2.75) is 0 Å². The molecule has 0 unspecified atom stereocenters. The van der Waals surface area contributed by atoms with Gasteiger partial charge in [-0.25, -0.2) is 18.0 Å². The Kier molecular flexibility index (Phi) is 5.54. The Labute approximate surface area is 159 Å². The van der Waals surface area contributed by atoms with E-state index in [1.54, 1.807) is 36.4 Å². The zero-order valence-electron chi connectivity index (χ0n) is 14.8. The second-order valence-corrected chi connectivity index (χ2v) is 6.01. The van der Waals surface area contributed by atoms with Gasteiger partial charge in [-0.05, 0) is 47.5 Å². The molecule has 0 aromatic heterocycles. The minimum atomic E-state index is -1.28. The Bertz CT molecular complexity index is 1020. The Hall–Kier alpha value is -3.48. The van der Waals surface area contributed by atoms with Crippen molar-refractivity contribution in [1.82, 2.24) is 0 Å². The number of nitrogens with zero attached hydrogens (tertiary/aromatic N) is 1. The molecule has 0 heterocycles. The lowest BCUT2D eigenvalue weighted by Gasteiger charge is -2.22. The number of anilines is 2. The molecule has 3 aromatic carbocycles. The van der Waals surface area contributed by atoms with Gasteiger partial charge in [0.05, 0.1) is 0 Å². The zero-order valence-corrected chi connectivity index (χ0v) is 14.8. The average Bonchev–Trinajstić information content (AvgIpc) is 2.67. The Morgan fingerprint density at radius 1 is 1.00 bits per heavy atom. The van der Waals surface area contributed by atoms with Gasteiger partial charge in [-0.3, -0.25) is 0 Å². The van der Waals surface area contributed by atoms with E-state index in [1.165, 1.54) is 24.1 Å². The van der Waals surface area contributed by atoms with Crippen molar-refractivity contribution in [1.29, 1.82) is 0 Å². The molecule has 0 atom stereocenters. The highest BCUT2D eigenvalue weighted by atomic mass is 19.1. The van der Waals surface area contributed by atoms with E-state index in [0.29, 0.717) is 16.8 Å². The van der Waals surface area contributed by atoms with E-state index in [4.69, 9.17) is 9.84 Å². The molecule has 4 nitrogen and oxygen atoms in total. The predicted octanol–water partition coefficient (Wildman–Crippen LogP) is 5.00. The van der Waals surface area contributed by atoms with Crippen molar-refractivity contribution in [3.63, 3.8) is 0 Å². The normalized spacial score (nSPS) is 10.6. The van der Waals surface area contributed by atoms with Crippen molar-refractivity contribution in [2.75, 3.05) is 18.6 Å². The molecule has 0 spiro atoms. The average molecular weight is 387 g/mol. The molecule has 144 valence electrons. The number of rotatable bonds is 6. The lowest BCUT2D eigenvalue weighted by Crippen LogP contribution is -2.15. The van der Waals surface area contributed by atoms with E-state index in [0.717, 1.165) is 12.1 Å². The second kappa shape index (κ2) is 8.04. The zero-order chi connectivity index (χ0) is 20.3. The Morgan fingerprint density at radius 3 is 2.36 bits per heavy atom. The molecule has 0 amide bonds. The number of aliphatic carboxylic acids is 1. The van der Waals surface area contributed by atoms with Gasteiger partial charge in [0, 0.05) is 12.7 Å². The number of carboxylic acids is 1. The first-order chi connectivity index (χ1) is 13.4. The summed E-state index contributed by atoms with van der Waals surface area (Å²) in [6.45, 7) is -0.749. The maximum atomic E-state index is 14.7. The van der Waals surface area contributed by atoms with Crippen LogP contribution in [-0.4, -0.2) is 24.7 Å². The highest BCUT2D eigenvalue weighted by molar-refractivity contribution is 5.73. The van der Waals surface area contributed by atoms with E-state index >= 15 is 0 Å². The van der Waals surface area contributed by atoms with Gasteiger partial charge in [0.2, 0.25) is 0 Å². The van der Waals surface area contributed by atoms with Crippen LogP contribution in [0.25, 0.3) is 11.1 Å². The fourth-order valence-corrected chi connectivity index (χ4v) is 2.77. The number of carboxylic acid groups (broad SMARTS) is 1. The second-order valence-electron chi connectivity index (χ2n) is 6.01. The molecule has 0 radical (unpaired) electrons. The molecule has 1 N–H and O–H groups in total. The summed E-state index contributed by atoms with van der Waals surface area (Å²) in [6, 6.07) is 14.8. The highest BCUT2D eigenvalue weighted by Crippen LogP contribution is 2.35. The summed E-state index contributed by atoms with van der Waals surface area (Å²) >= 11 is 0. The molecule has 3 aromatic rings. The number of benzene rings is 3. The SMILES string of the molecule is CN(c1cccc(-c2cccc(F)c2)c1)c1c(F)ccc(OCC(=O)O)c1F. The smallest absolute Gasteiger partial charge is 0.341 e. The van der Waals surface area contributed by atoms with Crippen LogP contribution in [0.2, 0.25) is 0 Å². The molecule has 3 rings (SSSR count).